The zero-order valence-electron chi connectivity index (χ0n) is 8.53. The number of hydrogen-bond acceptors (Lipinski definition) is 0. The summed E-state index contributed by atoms with van der Waals surface area (Å²) in [4.78, 5) is 0. The van der Waals surface area contributed by atoms with Gasteiger partial charge in [0.25, 0.3) is 0 Å². The van der Waals surface area contributed by atoms with E-state index in [1.54, 1.807) is 0 Å². The van der Waals surface area contributed by atoms with Crippen LogP contribution >= 0.6 is 0 Å². The predicted octanol–water partition coefficient (Wildman–Crippen LogP) is 2.08. The van der Waals surface area contributed by atoms with E-state index in [9.17, 15) is 0 Å². The molecule has 0 aliphatic carbocycles. The zero-order chi connectivity index (χ0) is 9.31. The molecule has 1 aliphatic rings. The molecule has 0 N–H and O–H groups in total. The number of nitrogens with zero attached hydrogens (tertiary/aromatic N) is 1. The third-order valence-corrected chi connectivity index (χ3v) is 3.37. The van der Waals surface area contributed by atoms with Crippen LogP contribution in [0.3, 0.4) is 0 Å². The smallest absolute Gasteiger partial charge is 0.129 e. The summed E-state index contributed by atoms with van der Waals surface area (Å²) in [5.41, 5.74) is 1.47. The van der Waals surface area contributed by atoms with Gasteiger partial charge in [-0.05, 0) is 12.5 Å². The highest BCUT2D eigenvalue weighted by Crippen LogP contribution is 2.24. The molecule has 1 fully saturated rings. The van der Waals surface area contributed by atoms with Gasteiger partial charge < -0.3 is 4.48 Å². The molecule has 0 radical (unpaired) electrons. The second-order valence-electron chi connectivity index (χ2n) is 4.47. The fourth-order valence-electron chi connectivity index (χ4n) is 1.77. The second-order valence-corrected chi connectivity index (χ2v) is 4.47. The molecule has 1 atom stereocenters. The first-order valence-corrected chi connectivity index (χ1v) is 5.09. The summed E-state index contributed by atoms with van der Waals surface area (Å²) in [5, 5.41) is 0. The van der Waals surface area contributed by atoms with E-state index in [0.717, 1.165) is 6.04 Å². The van der Waals surface area contributed by atoms with Crippen molar-refractivity contribution in [3.8, 4) is 0 Å². The lowest BCUT2D eigenvalue weighted by Gasteiger charge is -2.20. The van der Waals surface area contributed by atoms with Crippen molar-refractivity contribution < 1.29 is 4.48 Å². The minimum Gasteiger partial charge on any atom is -0.314 e. The minimum atomic E-state index is 0.780. The first-order valence-electron chi connectivity index (χ1n) is 5.09. The fraction of sp³-hybridized carbons (Fsp3) is 0.500. The summed E-state index contributed by atoms with van der Waals surface area (Å²) in [5.74, 6) is 0. The molecule has 13 heavy (non-hydrogen) atoms. The lowest BCUT2D eigenvalue weighted by molar-refractivity contribution is -0.803. The van der Waals surface area contributed by atoms with E-state index in [1.807, 2.05) is 0 Å². The molecule has 0 spiro atoms. The van der Waals surface area contributed by atoms with Crippen LogP contribution in [0.4, 0.5) is 0 Å². The van der Waals surface area contributed by atoms with Crippen LogP contribution < -0.4 is 0 Å². The summed E-state index contributed by atoms with van der Waals surface area (Å²) < 4.78 is 1.27. The molecule has 1 unspecified atom stereocenters. The van der Waals surface area contributed by atoms with E-state index in [-0.39, 0.29) is 0 Å². The van der Waals surface area contributed by atoms with Crippen molar-refractivity contribution in [3.63, 3.8) is 0 Å². The maximum Gasteiger partial charge on any atom is 0.129 e. The van der Waals surface area contributed by atoms with Gasteiger partial charge in [0, 0.05) is 6.42 Å². The average molecular weight is 176 g/mol. The molecular formula is C12H18N+. The highest BCUT2D eigenvalue weighted by atomic mass is 15.5. The summed E-state index contributed by atoms with van der Waals surface area (Å²) in [6, 6.07) is 11.6. The van der Waals surface area contributed by atoms with E-state index in [2.05, 4.69) is 44.3 Å². The molecule has 70 valence electrons. The molecule has 1 aliphatic heterocycles. The Morgan fingerprint density at radius 3 is 2.38 bits per heavy atom. The molecule has 1 heterocycles. The van der Waals surface area contributed by atoms with Gasteiger partial charge in [0.05, 0.1) is 13.1 Å². The van der Waals surface area contributed by atoms with Gasteiger partial charge >= 0.3 is 0 Å². The number of likely N-dealkylation sites (N-methyl/N-ethyl adjacent to an activating group) is 1. The van der Waals surface area contributed by atoms with E-state index in [4.69, 9.17) is 0 Å². The first kappa shape index (κ1) is 8.76. The molecule has 1 heteroatoms. The van der Waals surface area contributed by atoms with Gasteiger partial charge in [0.1, 0.15) is 13.1 Å². The molecule has 1 aromatic carbocycles. The number of rotatable bonds is 3. The predicted molar refractivity (Wildman–Crippen MR) is 55.5 cm³/mol. The maximum absolute atomic E-state index is 2.36. The Bertz CT molecular complexity index is 274. The van der Waals surface area contributed by atoms with Crippen molar-refractivity contribution >= 4 is 0 Å². The van der Waals surface area contributed by atoms with Gasteiger partial charge in [-0.1, -0.05) is 30.3 Å². The maximum atomic E-state index is 2.36. The van der Waals surface area contributed by atoms with Crippen molar-refractivity contribution in [1.82, 2.24) is 0 Å². The zero-order valence-corrected chi connectivity index (χ0v) is 8.53. The highest BCUT2D eigenvalue weighted by molar-refractivity contribution is 5.15. The quantitative estimate of drug-likeness (QED) is 0.488. The largest absolute Gasteiger partial charge is 0.314 e. The van der Waals surface area contributed by atoms with Crippen LogP contribution in [0.1, 0.15) is 12.5 Å². The van der Waals surface area contributed by atoms with Crippen LogP contribution in [0.5, 0.6) is 0 Å². The fourth-order valence-corrected chi connectivity index (χ4v) is 1.77. The van der Waals surface area contributed by atoms with Crippen molar-refractivity contribution in [2.24, 2.45) is 0 Å². The number of hydrogen-bond donors (Lipinski definition) is 0. The molecule has 1 nitrogen and oxygen atoms in total. The van der Waals surface area contributed by atoms with Crippen molar-refractivity contribution in [2.45, 2.75) is 19.4 Å². The average Bonchev–Trinajstić information content (AvgIpc) is 2.87. The topological polar surface area (TPSA) is 0 Å². The Labute approximate surface area is 80.6 Å². The Morgan fingerprint density at radius 1 is 1.23 bits per heavy atom. The van der Waals surface area contributed by atoms with Crippen LogP contribution in [0.25, 0.3) is 0 Å². The summed E-state index contributed by atoms with van der Waals surface area (Å²) in [6.07, 6.45) is 1.22. The lowest BCUT2D eigenvalue weighted by atomic mass is 10.1. The van der Waals surface area contributed by atoms with Gasteiger partial charge in [0.15, 0.2) is 0 Å². The Balaban J connectivity index is 1.98. The SMILES string of the molecule is CC(Cc1ccccc1)[N+]1(C)CC1. The van der Waals surface area contributed by atoms with Crippen LogP contribution in [0.2, 0.25) is 0 Å². The van der Waals surface area contributed by atoms with Crippen molar-refractivity contribution in [2.75, 3.05) is 20.1 Å². The van der Waals surface area contributed by atoms with Crippen LogP contribution in [-0.4, -0.2) is 30.7 Å². The van der Waals surface area contributed by atoms with E-state index < -0.39 is 0 Å². The monoisotopic (exact) mass is 176 g/mol. The summed E-state index contributed by atoms with van der Waals surface area (Å²) in [6.45, 7) is 5.10. The van der Waals surface area contributed by atoms with Crippen molar-refractivity contribution in [3.05, 3.63) is 35.9 Å². The normalized spacial score (nSPS) is 21.1. The van der Waals surface area contributed by atoms with Crippen molar-refractivity contribution in [1.29, 1.82) is 0 Å². The van der Waals surface area contributed by atoms with Gasteiger partial charge in [-0.25, -0.2) is 0 Å². The Kier molecular flexibility index (Phi) is 2.12. The van der Waals surface area contributed by atoms with E-state index >= 15 is 0 Å². The number of benzene rings is 1. The third-order valence-electron chi connectivity index (χ3n) is 3.37. The first-order chi connectivity index (χ1) is 6.21. The van der Waals surface area contributed by atoms with Crippen LogP contribution in [0.15, 0.2) is 30.3 Å². The highest BCUT2D eigenvalue weighted by Gasteiger charge is 2.41. The standard InChI is InChI=1S/C12H18N/c1-11(13(2)8-9-13)10-12-6-4-3-5-7-12/h3-7,11H,8-10H2,1-2H3/q+1. The molecule has 0 aromatic heterocycles. The van der Waals surface area contributed by atoms with Crippen LogP contribution in [-0.2, 0) is 6.42 Å². The minimum absolute atomic E-state index is 0.780. The summed E-state index contributed by atoms with van der Waals surface area (Å²) in [7, 11) is 2.35. The van der Waals surface area contributed by atoms with E-state index in [1.165, 1.54) is 29.6 Å². The molecule has 0 saturated carbocycles. The third kappa shape index (κ3) is 1.92. The lowest BCUT2D eigenvalue weighted by Crippen LogP contribution is -2.33. The molecule has 2 rings (SSSR count). The second kappa shape index (κ2) is 3.15. The molecule has 1 saturated heterocycles. The number of quaternary nitrogens is 1. The van der Waals surface area contributed by atoms with Gasteiger partial charge in [-0.15, -0.1) is 0 Å². The molecule has 0 bridgehead atoms. The van der Waals surface area contributed by atoms with Crippen LogP contribution in [0, 0.1) is 0 Å². The molecular weight excluding hydrogens is 158 g/mol. The summed E-state index contributed by atoms with van der Waals surface area (Å²) >= 11 is 0. The Hall–Kier alpha value is -0.820. The van der Waals surface area contributed by atoms with Gasteiger partial charge in [-0.2, -0.15) is 0 Å². The van der Waals surface area contributed by atoms with E-state index in [0.29, 0.717) is 0 Å². The molecule has 1 aromatic rings. The van der Waals surface area contributed by atoms with Gasteiger partial charge in [-0.3, -0.25) is 0 Å². The molecule has 0 amide bonds. The Morgan fingerprint density at radius 2 is 1.85 bits per heavy atom. The van der Waals surface area contributed by atoms with Gasteiger partial charge in [0.2, 0.25) is 0 Å².